The predicted molar refractivity (Wildman–Crippen MR) is 155 cm³/mol. The zero-order valence-electron chi connectivity index (χ0n) is 25.3. The molecule has 0 radical (unpaired) electrons. The fourth-order valence-electron chi connectivity index (χ4n) is 4.74. The summed E-state index contributed by atoms with van der Waals surface area (Å²) in [5, 5.41) is 6.62. The number of hydrogen-bond acceptors (Lipinski definition) is 8. The maximum atomic E-state index is 16.3. The van der Waals surface area contributed by atoms with Gasteiger partial charge < -0.3 is 30.7 Å². The molecule has 0 saturated heterocycles. The maximum Gasteiger partial charge on any atom is 0.573 e. The number of likely N-dealkylation sites (N-methyl/N-ethyl adjacent to an activating group) is 1. The van der Waals surface area contributed by atoms with Gasteiger partial charge >= 0.3 is 6.36 Å². The summed E-state index contributed by atoms with van der Waals surface area (Å²) in [5.41, 5.74) is 5.00. The Kier molecular flexibility index (Phi) is 10.3. The molecule has 14 heteroatoms. The van der Waals surface area contributed by atoms with E-state index in [2.05, 4.69) is 25.3 Å². The van der Waals surface area contributed by atoms with E-state index in [0.29, 0.717) is 23.7 Å². The number of carbonyl (C=O) groups excluding carboxylic acids is 1. The highest BCUT2D eigenvalue weighted by atomic mass is 19.4. The molecule has 236 valence electrons. The maximum absolute atomic E-state index is 16.3. The van der Waals surface area contributed by atoms with Gasteiger partial charge in [0, 0.05) is 43.5 Å². The number of carbonyl (C=O) groups is 1. The molecule has 0 fully saturated rings. The van der Waals surface area contributed by atoms with Gasteiger partial charge in [0.25, 0.3) is 0 Å². The van der Waals surface area contributed by atoms with Crippen molar-refractivity contribution in [2.75, 3.05) is 31.7 Å². The van der Waals surface area contributed by atoms with Crippen LogP contribution in [-0.2, 0) is 4.79 Å². The Morgan fingerprint density at radius 2 is 1.84 bits per heavy atom. The molecule has 3 unspecified atom stereocenters. The van der Waals surface area contributed by atoms with Crippen molar-refractivity contribution in [3.8, 4) is 22.9 Å². The van der Waals surface area contributed by atoms with Crippen molar-refractivity contribution in [2.24, 2.45) is 0 Å². The smallest absolute Gasteiger partial charge is 0.472 e. The third kappa shape index (κ3) is 7.00. The van der Waals surface area contributed by atoms with Gasteiger partial charge in [-0.3, -0.25) is 4.79 Å². The van der Waals surface area contributed by atoms with Crippen molar-refractivity contribution < 1.29 is 36.2 Å². The number of halogens is 5. The van der Waals surface area contributed by atoms with E-state index in [4.69, 9.17) is 10.5 Å². The lowest BCUT2D eigenvalue weighted by Gasteiger charge is -2.27. The molecular formula is C29H37F5N6O3. The summed E-state index contributed by atoms with van der Waals surface area (Å²) in [5.74, 6) is -3.73. The molecule has 4 N–H and O–H groups in total. The van der Waals surface area contributed by atoms with Crippen molar-refractivity contribution >= 4 is 28.2 Å². The van der Waals surface area contributed by atoms with E-state index in [1.807, 2.05) is 20.8 Å². The number of benzene rings is 1. The van der Waals surface area contributed by atoms with Crippen molar-refractivity contribution in [3.63, 3.8) is 0 Å². The lowest BCUT2D eigenvalue weighted by atomic mass is 10.0. The number of aromatic nitrogens is 2. The minimum atomic E-state index is -5.27. The van der Waals surface area contributed by atoms with E-state index < -0.39 is 53.2 Å². The number of anilines is 2. The fourth-order valence-corrected chi connectivity index (χ4v) is 4.74. The number of amides is 1. The number of ether oxygens (including phenoxy) is 2. The Morgan fingerprint density at radius 1 is 1.19 bits per heavy atom. The van der Waals surface area contributed by atoms with Crippen molar-refractivity contribution in [1.29, 1.82) is 0 Å². The molecular weight excluding hydrogens is 575 g/mol. The molecule has 1 aromatic carbocycles. The van der Waals surface area contributed by atoms with Gasteiger partial charge in [0.05, 0.1) is 23.0 Å². The normalized spacial score (nSPS) is 16.8. The van der Waals surface area contributed by atoms with E-state index in [-0.39, 0.29) is 40.6 Å². The third-order valence-corrected chi connectivity index (χ3v) is 7.00. The topological polar surface area (TPSA) is 115 Å². The van der Waals surface area contributed by atoms with E-state index in [9.17, 15) is 22.4 Å². The van der Waals surface area contributed by atoms with Crippen LogP contribution in [0.5, 0.6) is 11.6 Å². The Morgan fingerprint density at radius 3 is 2.42 bits per heavy atom. The summed E-state index contributed by atoms with van der Waals surface area (Å²) in [6, 6.07) is 0.646. The summed E-state index contributed by atoms with van der Waals surface area (Å²) in [6.45, 7) is 11.1. The number of nitrogens with two attached hydrogens (primary N) is 1. The van der Waals surface area contributed by atoms with Gasteiger partial charge in [-0.2, -0.15) is 0 Å². The molecule has 0 bridgehead atoms. The van der Waals surface area contributed by atoms with Crippen LogP contribution in [0.25, 0.3) is 22.0 Å². The van der Waals surface area contributed by atoms with Crippen molar-refractivity contribution in [2.45, 2.75) is 72.5 Å². The quantitative estimate of drug-likeness (QED) is 0.230. The second-order valence-corrected chi connectivity index (χ2v) is 10.1. The number of hydrogen-bond donors (Lipinski definition) is 3. The van der Waals surface area contributed by atoms with Gasteiger partial charge in [-0.15, -0.1) is 13.2 Å². The zero-order chi connectivity index (χ0) is 32.4. The van der Waals surface area contributed by atoms with Crippen molar-refractivity contribution in [1.82, 2.24) is 20.2 Å². The second kappa shape index (κ2) is 13.1. The first-order valence-electron chi connectivity index (χ1n) is 13.9. The second-order valence-electron chi connectivity index (χ2n) is 10.1. The summed E-state index contributed by atoms with van der Waals surface area (Å²) >= 11 is 0. The number of nitrogens with one attached hydrogen (secondary N) is 2. The molecule has 1 aliphatic heterocycles. The largest absolute Gasteiger partial charge is 0.573 e. The van der Waals surface area contributed by atoms with Gasteiger partial charge in [-0.1, -0.05) is 20.8 Å². The molecule has 43 heavy (non-hydrogen) atoms. The number of rotatable bonds is 7. The number of nitrogen functional groups attached to an aromatic ring is 1. The molecule has 4 rings (SSSR count). The Balaban J connectivity index is 0.00000248. The van der Waals surface area contributed by atoms with Gasteiger partial charge in [0.2, 0.25) is 11.8 Å². The summed E-state index contributed by atoms with van der Waals surface area (Å²) < 4.78 is 80.6. The Labute approximate surface area is 246 Å². The molecule has 0 spiro atoms. The van der Waals surface area contributed by atoms with Crippen LogP contribution in [0.2, 0.25) is 0 Å². The van der Waals surface area contributed by atoms with Crippen LogP contribution in [0.15, 0.2) is 12.1 Å². The average Bonchev–Trinajstić information content (AvgIpc) is 3.05. The highest BCUT2D eigenvalue weighted by molar-refractivity contribution is 6.01. The van der Waals surface area contributed by atoms with Crippen LogP contribution in [0.1, 0.15) is 45.4 Å². The van der Waals surface area contributed by atoms with Gasteiger partial charge in [0.1, 0.15) is 17.6 Å². The third-order valence-electron chi connectivity index (χ3n) is 7.00. The van der Waals surface area contributed by atoms with E-state index >= 15 is 4.39 Å². The van der Waals surface area contributed by atoms with Crippen LogP contribution in [0.3, 0.4) is 0 Å². The molecule has 9 nitrogen and oxygen atoms in total. The first-order chi connectivity index (χ1) is 20.1. The standard InChI is InChI=1S/C27H31F5N6O3.C2H6/c1-7-17(26(39)38(5)6)34-10-18-13(4)40-25-20-19(11(2)12(3)35-24(20)36-18)21(29)22(37-25)15-8-14(33)9-16(28)23(15)41-27(30,31)32;1-2/h8-9,13,17-18,34H,7,10,33H2,1-6H3,(H,35,36);1-2H3. The summed E-state index contributed by atoms with van der Waals surface area (Å²) in [7, 11) is 3.31. The van der Waals surface area contributed by atoms with Crippen LogP contribution < -0.4 is 25.8 Å². The lowest BCUT2D eigenvalue weighted by Crippen LogP contribution is -2.50. The Bertz CT molecular complexity index is 1500. The minimum absolute atomic E-state index is 0.0178. The van der Waals surface area contributed by atoms with Gasteiger partial charge in [-0.05, 0) is 38.8 Å². The molecule has 1 aliphatic rings. The number of alkyl halides is 3. The number of nitrogens with zero attached hydrogens (tertiary/aromatic N) is 3. The van der Waals surface area contributed by atoms with Crippen LogP contribution in [0.4, 0.5) is 33.5 Å². The molecule has 0 saturated carbocycles. The first kappa shape index (κ1) is 33.6. The van der Waals surface area contributed by atoms with E-state index in [0.717, 1.165) is 6.07 Å². The highest BCUT2D eigenvalue weighted by Crippen LogP contribution is 2.44. The van der Waals surface area contributed by atoms with Gasteiger partial charge in [-0.25, -0.2) is 18.7 Å². The van der Waals surface area contributed by atoms with Crippen LogP contribution in [-0.4, -0.2) is 66.0 Å². The number of pyridine rings is 2. The molecule has 0 aliphatic carbocycles. The van der Waals surface area contributed by atoms with Crippen LogP contribution in [0, 0.1) is 25.5 Å². The average molecular weight is 613 g/mol. The number of aryl methyl sites for hydroxylation is 2. The predicted octanol–water partition coefficient (Wildman–Crippen LogP) is 5.72. The van der Waals surface area contributed by atoms with Gasteiger partial charge in [0.15, 0.2) is 17.4 Å². The molecule has 3 heterocycles. The SMILES string of the molecule is CC.CCC(NCC1Nc2nc(C)c(C)c3c(F)c(-c4cc(N)cc(F)c4OC(F)(F)F)nc(c23)OC1C)C(=O)N(C)C. The first-order valence-corrected chi connectivity index (χ1v) is 13.9. The molecule has 3 atom stereocenters. The summed E-state index contributed by atoms with van der Waals surface area (Å²) in [4.78, 5) is 22.8. The molecule has 1 amide bonds. The fraction of sp³-hybridized carbons (Fsp3) is 0.483. The lowest BCUT2D eigenvalue weighted by molar-refractivity contribution is -0.275. The van der Waals surface area contributed by atoms with Crippen LogP contribution >= 0.6 is 0 Å². The Hall–Kier alpha value is -3.94. The molecule has 3 aromatic rings. The van der Waals surface area contributed by atoms with Crippen molar-refractivity contribution in [3.05, 3.63) is 35.0 Å². The zero-order valence-corrected chi connectivity index (χ0v) is 25.3. The van der Waals surface area contributed by atoms with E-state index in [1.165, 1.54) is 4.90 Å². The minimum Gasteiger partial charge on any atom is -0.472 e. The van der Waals surface area contributed by atoms with E-state index in [1.54, 1.807) is 34.9 Å². The monoisotopic (exact) mass is 612 g/mol. The summed E-state index contributed by atoms with van der Waals surface area (Å²) in [6.07, 6.45) is -5.38. The molecule has 2 aromatic heterocycles. The highest BCUT2D eigenvalue weighted by Gasteiger charge is 2.36.